The Morgan fingerprint density at radius 3 is 2.50 bits per heavy atom. The van der Waals surface area contributed by atoms with Gasteiger partial charge in [0.15, 0.2) is 5.69 Å². The van der Waals surface area contributed by atoms with Crippen LogP contribution in [0.15, 0.2) is 24.3 Å². The summed E-state index contributed by atoms with van der Waals surface area (Å²) in [6.07, 6.45) is 0. The maximum absolute atomic E-state index is 11.8. The molecular formula is C15H18N2O3. The number of methoxy groups -OCH3 is 1. The molecule has 0 aliphatic carbocycles. The maximum atomic E-state index is 11.8. The number of aryl methyl sites for hydroxylation is 1. The Hall–Kier alpha value is -2.30. The third-order valence-corrected chi connectivity index (χ3v) is 3.12. The lowest BCUT2D eigenvalue weighted by atomic mass is 10.1. The van der Waals surface area contributed by atoms with E-state index in [1.54, 1.807) is 18.7 Å². The smallest absolute Gasteiger partial charge is 0.359 e. The minimum Gasteiger partial charge on any atom is -0.497 e. The van der Waals surface area contributed by atoms with E-state index in [9.17, 15) is 4.79 Å². The van der Waals surface area contributed by atoms with Crippen LogP contribution in [0, 0.1) is 6.92 Å². The Morgan fingerprint density at radius 1 is 1.30 bits per heavy atom. The highest BCUT2D eigenvalue weighted by Crippen LogP contribution is 2.27. The molecule has 0 aliphatic rings. The summed E-state index contributed by atoms with van der Waals surface area (Å²) in [5.74, 6) is 0.402. The molecular weight excluding hydrogens is 256 g/mol. The summed E-state index contributed by atoms with van der Waals surface area (Å²) in [6, 6.07) is 7.65. The zero-order chi connectivity index (χ0) is 14.7. The fourth-order valence-corrected chi connectivity index (χ4v) is 2.18. The average molecular weight is 274 g/mol. The molecule has 0 amide bonds. The van der Waals surface area contributed by atoms with Crippen molar-refractivity contribution in [1.29, 1.82) is 0 Å². The van der Waals surface area contributed by atoms with E-state index in [0.717, 1.165) is 22.6 Å². The van der Waals surface area contributed by atoms with Crippen molar-refractivity contribution in [1.82, 2.24) is 9.78 Å². The molecule has 0 fully saturated rings. The molecule has 1 heterocycles. The van der Waals surface area contributed by atoms with E-state index in [-0.39, 0.29) is 5.97 Å². The number of rotatable bonds is 4. The summed E-state index contributed by atoms with van der Waals surface area (Å²) in [4.78, 5) is 11.8. The van der Waals surface area contributed by atoms with Gasteiger partial charge in [-0.3, -0.25) is 4.68 Å². The second kappa shape index (κ2) is 5.77. The minimum atomic E-state index is -0.389. The van der Waals surface area contributed by atoms with E-state index < -0.39 is 0 Å². The second-order valence-electron chi connectivity index (χ2n) is 4.39. The Labute approximate surface area is 118 Å². The van der Waals surface area contributed by atoms with Gasteiger partial charge in [0.25, 0.3) is 0 Å². The second-order valence-corrected chi connectivity index (χ2v) is 4.39. The van der Waals surface area contributed by atoms with E-state index >= 15 is 0 Å². The summed E-state index contributed by atoms with van der Waals surface area (Å²) in [7, 11) is 3.44. The van der Waals surface area contributed by atoms with Gasteiger partial charge in [-0.25, -0.2) is 4.79 Å². The van der Waals surface area contributed by atoms with Gasteiger partial charge < -0.3 is 9.47 Å². The standard InChI is InChI=1S/C15H18N2O3/c1-5-20-15(18)13-10(2)14(17(3)16-13)11-6-8-12(19-4)9-7-11/h6-9H,5H2,1-4H3. The molecule has 0 bridgehead atoms. The molecule has 0 unspecified atom stereocenters. The van der Waals surface area contributed by atoms with Gasteiger partial charge in [0.1, 0.15) is 5.75 Å². The Bertz CT molecular complexity index is 615. The van der Waals surface area contributed by atoms with E-state index in [1.807, 2.05) is 38.2 Å². The number of carbonyl (C=O) groups excluding carboxylic acids is 1. The summed E-state index contributed by atoms with van der Waals surface area (Å²) in [5.41, 5.74) is 3.06. The van der Waals surface area contributed by atoms with Gasteiger partial charge in [0.05, 0.1) is 19.4 Å². The third kappa shape index (κ3) is 2.52. The van der Waals surface area contributed by atoms with Crippen molar-refractivity contribution >= 4 is 5.97 Å². The monoisotopic (exact) mass is 274 g/mol. The molecule has 20 heavy (non-hydrogen) atoms. The number of esters is 1. The third-order valence-electron chi connectivity index (χ3n) is 3.12. The minimum absolute atomic E-state index is 0.340. The van der Waals surface area contributed by atoms with E-state index in [0.29, 0.717) is 12.3 Å². The Morgan fingerprint density at radius 2 is 1.95 bits per heavy atom. The van der Waals surface area contributed by atoms with Crippen LogP contribution in [0.1, 0.15) is 23.0 Å². The molecule has 0 saturated carbocycles. The van der Waals surface area contributed by atoms with Gasteiger partial charge >= 0.3 is 5.97 Å². The zero-order valence-corrected chi connectivity index (χ0v) is 12.1. The van der Waals surface area contributed by atoms with Crippen molar-refractivity contribution in [2.75, 3.05) is 13.7 Å². The number of ether oxygens (including phenoxy) is 2. The van der Waals surface area contributed by atoms with Crippen molar-refractivity contribution in [3.8, 4) is 17.0 Å². The number of hydrogen-bond donors (Lipinski definition) is 0. The number of carbonyl (C=O) groups is 1. The fraction of sp³-hybridized carbons (Fsp3) is 0.333. The first-order valence-corrected chi connectivity index (χ1v) is 6.43. The lowest BCUT2D eigenvalue weighted by Gasteiger charge is -2.05. The first-order valence-electron chi connectivity index (χ1n) is 6.43. The maximum Gasteiger partial charge on any atom is 0.359 e. The van der Waals surface area contributed by atoms with E-state index in [1.165, 1.54) is 0 Å². The largest absolute Gasteiger partial charge is 0.497 e. The molecule has 2 rings (SSSR count). The van der Waals surface area contributed by atoms with Gasteiger partial charge in [-0.1, -0.05) is 0 Å². The lowest BCUT2D eigenvalue weighted by Crippen LogP contribution is -2.07. The quantitative estimate of drug-likeness (QED) is 0.804. The van der Waals surface area contributed by atoms with Crippen LogP contribution < -0.4 is 4.74 Å². The summed E-state index contributed by atoms with van der Waals surface area (Å²) in [6.45, 7) is 3.99. The summed E-state index contributed by atoms with van der Waals surface area (Å²) < 4.78 is 11.9. The number of nitrogens with zero attached hydrogens (tertiary/aromatic N) is 2. The number of aromatic nitrogens is 2. The van der Waals surface area contributed by atoms with Crippen molar-refractivity contribution < 1.29 is 14.3 Å². The van der Waals surface area contributed by atoms with Crippen LogP contribution in [0.2, 0.25) is 0 Å². The topological polar surface area (TPSA) is 53.3 Å². The number of hydrogen-bond acceptors (Lipinski definition) is 4. The predicted molar refractivity (Wildman–Crippen MR) is 75.9 cm³/mol. The van der Waals surface area contributed by atoms with Crippen molar-refractivity contribution in [2.45, 2.75) is 13.8 Å². The zero-order valence-electron chi connectivity index (χ0n) is 12.1. The molecule has 2 aromatic rings. The van der Waals surface area contributed by atoms with Crippen LogP contribution in [0.5, 0.6) is 5.75 Å². The van der Waals surface area contributed by atoms with Gasteiger partial charge in [-0.2, -0.15) is 5.10 Å². The van der Waals surface area contributed by atoms with Gasteiger partial charge in [-0.15, -0.1) is 0 Å². The molecule has 0 N–H and O–H groups in total. The Kier molecular flexibility index (Phi) is 4.08. The SMILES string of the molecule is CCOC(=O)c1nn(C)c(-c2ccc(OC)cc2)c1C. The van der Waals surface area contributed by atoms with Crippen LogP contribution in [0.4, 0.5) is 0 Å². The predicted octanol–water partition coefficient (Wildman–Crippen LogP) is 2.58. The van der Waals surface area contributed by atoms with Crippen molar-refractivity contribution in [3.05, 3.63) is 35.5 Å². The molecule has 0 spiro atoms. The highest BCUT2D eigenvalue weighted by Gasteiger charge is 2.20. The van der Waals surface area contributed by atoms with Crippen molar-refractivity contribution in [3.63, 3.8) is 0 Å². The summed E-state index contributed by atoms with van der Waals surface area (Å²) >= 11 is 0. The normalized spacial score (nSPS) is 10.4. The van der Waals surface area contributed by atoms with E-state index in [4.69, 9.17) is 9.47 Å². The van der Waals surface area contributed by atoms with Gasteiger partial charge in [0.2, 0.25) is 0 Å². The highest BCUT2D eigenvalue weighted by molar-refractivity contribution is 5.91. The molecule has 0 saturated heterocycles. The van der Waals surface area contributed by atoms with Crippen LogP contribution in [-0.2, 0) is 11.8 Å². The van der Waals surface area contributed by atoms with Crippen LogP contribution in [0.25, 0.3) is 11.3 Å². The van der Waals surface area contributed by atoms with Crippen molar-refractivity contribution in [2.24, 2.45) is 7.05 Å². The lowest BCUT2D eigenvalue weighted by molar-refractivity contribution is 0.0518. The van der Waals surface area contributed by atoms with Gasteiger partial charge in [-0.05, 0) is 38.1 Å². The molecule has 106 valence electrons. The average Bonchev–Trinajstić information content (AvgIpc) is 2.75. The fourth-order valence-electron chi connectivity index (χ4n) is 2.18. The van der Waals surface area contributed by atoms with Crippen LogP contribution >= 0.6 is 0 Å². The van der Waals surface area contributed by atoms with Gasteiger partial charge in [0, 0.05) is 18.2 Å². The van der Waals surface area contributed by atoms with E-state index in [2.05, 4.69) is 5.10 Å². The molecule has 5 nitrogen and oxygen atoms in total. The molecule has 5 heteroatoms. The molecule has 0 radical (unpaired) electrons. The molecule has 1 aromatic carbocycles. The first-order chi connectivity index (χ1) is 9.58. The first kappa shape index (κ1) is 14.1. The Balaban J connectivity index is 2.43. The highest BCUT2D eigenvalue weighted by atomic mass is 16.5. The molecule has 1 aromatic heterocycles. The van der Waals surface area contributed by atoms with Crippen LogP contribution in [0.3, 0.4) is 0 Å². The molecule has 0 atom stereocenters. The van der Waals surface area contributed by atoms with Crippen LogP contribution in [-0.4, -0.2) is 29.5 Å². The number of benzene rings is 1. The summed E-state index contributed by atoms with van der Waals surface area (Å²) in [5, 5.41) is 4.26. The molecule has 0 aliphatic heterocycles.